The molecule has 0 aromatic carbocycles. The average Bonchev–Trinajstić information content (AvgIpc) is 3.07. The Morgan fingerprint density at radius 1 is 1.21 bits per heavy atom. The second-order valence-corrected chi connectivity index (χ2v) is 5.95. The van der Waals surface area contributed by atoms with Crippen molar-refractivity contribution >= 4 is 11.5 Å². The molecule has 2 saturated carbocycles. The summed E-state index contributed by atoms with van der Waals surface area (Å²) in [5.41, 5.74) is 0.851. The van der Waals surface area contributed by atoms with Gasteiger partial charge in [-0.1, -0.05) is 6.42 Å². The van der Waals surface area contributed by atoms with Gasteiger partial charge in [0, 0.05) is 12.0 Å². The van der Waals surface area contributed by atoms with E-state index in [4.69, 9.17) is 0 Å². The van der Waals surface area contributed by atoms with Crippen LogP contribution in [-0.2, 0) is 0 Å². The summed E-state index contributed by atoms with van der Waals surface area (Å²) < 4.78 is 1.91. The Hall–Kier alpha value is -1.65. The molecule has 4 rings (SSSR count). The minimum atomic E-state index is 0.500. The third-order valence-electron chi connectivity index (χ3n) is 4.46. The number of hydrogen-bond acceptors (Lipinski definition) is 4. The minimum absolute atomic E-state index is 0.500. The average molecular weight is 257 g/mol. The van der Waals surface area contributed by atoms with E-state index in [0.29, 0.717) is 12.0 Å². The Morgan fingerprint density at radius 3 is 2.74 bits per heavy atom. The van der Waals surface area contributed by atoms with E-state index >= 15 is 0 Å². The van der Waals surface area contributed by atoms with Gasteiger partial charge in [0.2, 0.25) is 0 Å². The number of rotatable bonds is 4. The van der Waals surface area contributed by atoms with E-state index in [1.54, 1.807) is 0 Å². The fourth-order valence-corrected chi connectivity index (χ4v) is 2.77. The fraction of sp³-hybridized carbons (Fsp3) is 0.643. The van der Waals surface area contributed by atoms with Gasteiger partial charge in [0.05, 0.1) is 0 Å². The van der Waals surface area contributed by atoms with Crippen molar-refractivity contribution < 1.29 is 0 Å². The summed E-state index contributed by atoms with van der Waals surface area (Å²) in [7, 11) is 0. The molecule has 0 spiro atoms. The smallest absolute Gasteiger partial charge is 0.178 e. The van der Waals surface area contributed by atoms with Gasteiger partial charge in [-0.15, -0.1) is 15.3 Å². The first-order chi connectivity index (χ1) is 9.31. The Bertz CT molecular complexity index is 597. The maximum absolute atomic E-state index is 4.66. The summed E-state index contributed by atoms with van der Waals surface area (Å²) in [4.78, 5) is 0. The van der Waals surface area contributed by atoms with Crippen LogP contribution in [0.4, 0.5) is 5.82 Å². The van der Waals surface area contributed by atoms with Gasteiger partial charge in [-0.05, 0) is 50.7 Å². The predicted molar refractivity (Wildman–Crippen MR) is 73.2 cm³/mol. The molecule has 100 valence electrons. The lowest BCUT2D eigenvalue weighted by molar-refractivity contribution is 0.284. The summed E-state index contributed by atoms with van der Waals surface area (Å²) >= 11 is 0. The predicted octanol–water partition coefficient (Wildman–Crippen LogP) is 2.60. The number of nitrogens with one attached hydrogen (secondary N) is 1. The van der Waals surface area contributed by atoms with Crippen LogP contribution in [0.5, 0.6) is 0 Å². The zero-order valence-corrected chi connectivity index (χ0v) is 11.2. The van der Waals surface area contributed by atoms with Crippen molar-refractivity contribution in [3.05, 3.63) is 18.0 Å². The zero-order chi connectivity index (χ0) is 12.8. The van der Waals surface area contributed by atoms with Gasteiger partial charge in [0.15, 0.2) is 11.5 Å². The molecular formula is C14H19N5. The van der Waals surface area contributed by atoms with Gasteiger partial charge in [-0.25, -0.2) is 0 Å². The first-order valence-corrected chi connectivity index (χ1v) is 7.30. The molecule has 0 aliphatic heterocycles. The molecule has 2 aromatic rings. The van der Waals surface area contributed by atoms with Crippen LogP contribution in [0.3, 0.4) is 0 Å². The minimum Gasteiger partial charge on any atom is -0.366 e. The maximum Gasteiger partial charge on any atom is 0.178 e. The van der Waals surface area contributed by atoms with Crippen LogP contribution in [0.2, 0.25) is 0 Å². The molecule has 0 amide bonds. The molecule has 5 heteroatoms. The normalized spacial score (nSPS) is 21.3. The summed E-state index contributed by atoms with van der Waals surface area (Å²) in [6.45, 7) is 2.25. The van der Waals surface area contributed by atoms with Crippen LogP contribution in [-0.4, -0.2) is 25.9 Å². The lowest BCUT2D eigenvalue weighted by atomic mass is 9.80. The first-order valence-electron chi connectivity index (χ1n) is 7.30. The number of hydrogen-bond donors (Lipinski definition) is 1. The van der Waals surface area contributed by atoms with Gasteiger partial charge in [0.1, 0.15) is 5.82 Å². The van der Waals surface area contributed by atoms with Crippen LogP contribution in [0.1, 0.15) is 50.8 Å². The Kier molecular flexibility index (Phi) is 2.47. The Morgan fingerprint density at radius 2 is 2.05 bits per heavy atom. The van der Waals surface area contributed by atoms with E-state index in [1.165, 1.54) is 32.1 Å². The summed E-state index contributed by atoms with van der Waals surface area (Å²) in [6, 6.07) is 4.51. The van der Waals surface area contributed by atoms with E-state index in [2.05, 4.69) is 27.5 Å². The first kappa shape index (κ1) is 11.2. The third kappa shape index (κ3) is 1.97. The fourth-order valence-electron chi connectivity index (χ4n) is 2.77. The highest BCUT2D eigenvalue weighted by atomic mass is 15.4. The molecule has 19 heavy (non-hydrogen) atoms. The van der Waals surface area contributed by atoms with Crippen molar-refractivity contribution in [2.24, 2.45) is 5.92 Å². The molecule has 0 bridgehead atoms. The Balaban J connectivity index is 1.60. The van der Waals surface area contributed by atoms with Crippen molar-refractivity contribution in [1.82, 2.24) is 19.8 Å². The Labute approximate surface area is 112 Å². The molecule has 0 radical (unpaired) electrons. The van der Waals surface area contributed by atoms with Crippen LogP contribution >= 0.6 is 0 Å². The molecule has 2 aliphatic rings. The standard InChI is InChI=1S/C14H19N5/c1-9(10-3-2-4-10)15-12-7-8-13-16-17-14(11-5-6-11)19(13)18-12/h7-11H,2-6H2,1H3,(H,15,18). The number of aromatic nitrogens is 4. The molecule has 1 N–H and O–H groups in total. The molecule has 5 nitrogen and oxygen atoms in total. The second kappa shape index (κ2) is 4.18. The second-order valence-electron chi connectivity index (χ2n) is 5.95. The van der Waals surface area contributed by atoms with E-state index in [9.17, 15) is 0 Å². The molecule has 2 fully saturated rings. The van der Waals surface area contributed by atoms with Crippen molar-refractivity contribution in [2.45, 2.75) is 51.0 Å². The monoisotopic (exact) mass is 257 g/mol. The van der Waals surface area contributed by atoms with Crippen molar-refractivity contribution in [1.29, 1.82) is 0 Å². The van der Waals surface area contributed by atoms with E-state index in [-0.39, 0.29) is 0 Å². The lowest BCUT2D eigenvalue weighted by Crippen LogP contribution is -2.31. The highest BCUT2D eigenvalue weighted by Gasteiger charge is 2.29. The van der Waals surface area contributed by atoms with Crippen molar-refractivity contribution in [2.75, 3.05) is 5.32 Å². The van der Waals surface area contributed by atoms with Gasteiger partial charge < -0.3 is 5.32 Å². The van der Waals surface area contributed by atoms with Gasteiger partial charge in [-0.3, -0.25) is 0 Å². The number of nitrogens with zero attached hydrogens (tertiary/aromatic N) is 4. The highest BCUT2D eigenvalue weighted by molar-refractivity contribution is 5.45. The van der Waals surface area contributed by atoms with Crippen LogP contribution in [0, 0.1) is 5.92 Å². The number of anilines is 1. The van der Waals surface area contributed by atoms with Crippen molar-refractivity contribution in [3.63, 3.8) is 0 Å². The van der Waals surface area contributed by atoms with Crippen LogP contribution < -0.4 is 5.32 Å². The quantitative estimate of drug-likeness (QED) is 0.914. The summed E-state index contributed by atoms with van der Waals surface area (Å²) in [5, 5.41) is 16.6. The third-order valence-corrected chi connectivity index (χ3v) is 4.46. The van der Waals surface area contributed by atoms with E-state index < -0.39 is 0 Å². The van der Waals surface area contributed by atoms with Gasteiger partial charge in [-0.2, -0.15) is 4.52 Å². The zero-order valence-electron chi connectivity index (χ0n) is 11.2. The molecule has 2 heterocycles. The SMILES string of the molecule is CC(Nc1ccc2nnc(C3CC3)n2n1)C1CCC1. The molecule has 2 aliphatic carbocycles. The summed E-state index contributed by atoms with van der Waals surface area (Å²) in [6.07, 6.45) is 6.50. The van der Waals surface area contributed by atoms with Crippen LogP contribution in [0.25, 0.3) is 5.65 Å². The topological polar surface area (TPSA) is 55.1 Å². The largest absolute Gasteiger partial charge is 0.366 e. The highest BCUT2D eigenvalue weighted by Crippen LogP contribution is 2.38. The van der Waals surface area contributed by atoms with E-state index in [0.717, 1.165) is 23.2 Å². The van der Waals surface area contributed by atoms with Crippen LogP contribution in [0.15, 0.2) is 12.1 Å². The van der Waals surface area contributed by atoms with Crippen molar-refractivity contribution in [3.8, 4) is 0 Å². The van der Waals surface area contributed by atoms with E-state index in [1.807, 2.05) is 16.6 Å². The van der Waals surface area contributed by atoms with Gasteiger partial charge in [0.25, 0.3) is 0 Å². The molecule has 1 unspecified atom stereocenters. The summed E-state index contributed by atoms with van der Waals surface area (Å²) in [5.74, 6) is 3.34. The van der Waals surface area contributed by atoms with Gasteiger partial charge >= 0.3 is 0 Å². The number of fused-ring (bicyclic) bond motifs is 1. The lowest BCUT2D eigenvalue weighted by Gasteiger charge is -2.32. The molecule has 2 aromatic heterocycles. The maximum atomic E-state index is 4.66. The molecule has 0 saturated heterocycles. The molecule has 1 atom stereocenters. The molecular weight excluding hydrogens is 238 g/mol.